The van der Waals surface area contributed by atoms with Gasteiger partial charge in [0.2, 0.25) is 0 Å². The Balaban J connectivity index is 2.21. The summed E-state index contributed by atoms with van der Waals surface area (Å²) in [7, 11) is -0.767. The summed E-state index contributed by atoms with van der Waals surface area (Å²) in [5.74, 6) is 0.669. The molecule has 1 rings (SSSR count). The second-order valence-corrected chi connectivity index (χ2v) is 6.55. The molecule has 0 aromatic rings. The van der Waals surface area contributed by atoms with Gasteiger partial charge in [0.05, 0.1) is 11.5 Å². The maximum Gasteiger partial charge on any atom is 0.151 e. The van der Waals surface area contributed by atoms with Crippen LogP contribution in [0.1, 0.15) is 25.7 Å². The van der Waals surface area contributed by atoms with Gasteiger partial charge in [-0.05, 0) is 39.3 Å². The van der Waals surface area contributed by atoms with Crippen molar-refractivity contribution in [2.75, 3.05) is 31.7 Å². The second kappa shape index (κ2) is 5.82. The van der Waals surface area contributed by atoms with Crippen LogP contribution >= 0.6 is 0 Å². The number of rotatable bonds is 6. The molecule has 1 unspecified atom stereocenters. The third kappa shape index (κ3) is 4.49. The Kier molecular flexibility index (Phi) is 5.02. The van der Waals surface area contributed by atoms with Crippen molar-refractivity contribution in [3.05, 3.63) is 0 Å². The van der Waals surface area contributed by atoms with Crippen LogP contribution in [0.3, 0.4) is 0 Å². The van der Waals surface area contributed by atoms with E-state index in [9.17, 15) is 8.42 Å². The quantitative estimate of drug-likeness (QED) is 0.671. The topological polar surface area (TPSA) is 57.6 Å². The highest BCUT2D eigenvalue weighted by molar-refractivity contribution is 7.91. The number of unbranched alkanes of at least 4 members (excludes halogenated alkanes) is 2. The number of aliphatic hydroxyl groups excluding tert-OH is 1. The van der Waals surface area contributed by atoms with E-state index < -0.39 is 9.84 Å². The molecule has 0 spiro atoms. The van der Waals surface area contributed by atoms with Crippen molar-refractivity contribution in [2.24, 2.45) is 0 Å². The second-order valence-electron chi connectivity index (χ2n) is 4.32. The first-order chi connectivity index (χ1) is 7.05. The molecule has 90 valence electrons. The predicted octanol–water partition coefficient (Wildman–Crippen LogP) is 0.268. The molecule has 1 saturated heterocycles. The van der Waals surface area contributed by atoms with Gasteiger partial charge in [0.1, 0.15) is 0 Å². The number of hydrogen-bond donors (Lipinski definition) is 1. The maximum atomic E-state index is 11.3. The van der Waals surface area contributed by atoms with Crippen LogP contribution in [0, 0.1) is 0 Å². The molecule has 0 saturated carbocycles. The molecule has 4 nitrogen and oxygen atoms in total. The Labute approximate surface area is 92.2 Å². The van der Waals surface area contributed by atoms with E-state index in [1.807, 2.05) is 7.05 Å². The van der Waals surface area contributed by atoms with E-state index in [1.54, 1.807) is 0 Å². The molecule has 0 amide bonds. The molecular formula is C10H21NO3S. The van der Waals surface area contributed by atoms with Crippen molar-refractivity contribution in [3.63, 3.8) is 0 Å². The van der Waals surface area contributed by atoms with E-state index in [2.05, 4.69) is 4.90 Å². The lowest BCUT2D eigenvalue weighted by molar-refractivity contribution is 0.245. The molecular weight excluding hydrogens is 214 g/mol. The fraction of sp³-hybridized carbons (Fsp3) is 1.00. The van der Waals surface area contributed by atoms with Crippen LogP contribution in [0.5, 0.6) is 0 Å². The molecule has 5 heteroatoms. The van der Waals surface area contributed by atoms with Gasteiger partial charge < -0.3 is 10.0 Å². The standard InChI is InChI=1S/C10H21NO3S/c1-11(6-3-2-4-7-12)10-5-8-15(13,14)9-10/h10,12H,2-9H2,1H3. The molecule has 0 aromatic heterocycles. The van der Waals surface area contributed by atoms with E-state index in [0.717, 1.165) is 32.2 Å². The first kappa shape index (κ1) is 12.9. The van der Waals surface area contributed by atoms with Gasteiger partial charge >= 0.3 is 0 Å². The van der Waals surface area contributed by atoms with Crippen LogP contribution in [0.15, 0.2) is 0 Å². The molecule has 1 fully saturated rings. The summed E-state index contributed by atoms with van der Waals surface area (Å²) in [6, 6.07) is 0.212. The minimum atomic E-state index is -2.76. The number of hydrogen-bond acceptors (Lipinski definition) is 4. The Morgan fingerprint density at radius 3 is 2.60 bits per heavy atom. The van der Waals surface area contributed by atoms with E-state index in [0.29, 0.717) is 11.5 Å². The lowest BCUT2D eigenvalue weighted by atomic mass is 10.2. The van der Waals surface area contributed by atoms with Crippen LogP contribution in [-0.4, -0.2) is 56.2 Å². The third-order valence-electron chi connectivity index (χ3n) is 3.00. The summed E-state index contributed by atoms with van der Waals surface area (Å²) in [6.07, 6.45) is 3.67. The smallest absolute Gasteiger partial charge is 0.151 e. The number of sulfone groups is 1. The lowest BCUT2D eigenvalue weighted by Gasteiger charge is -2.22. The first-order valence-electron chi connectivity index (χ1n) is 5.57. The molecule has 15 heavy (non-hydrogen) atoms. The van der Waals surface area contributed by atoms with Gasteiger partial charge in [-0.25, -0.2) is 8.42 Å². The fourth-order valence-electron chi connectivity index (χ4n) is 1.96. The minimum Gasteiger partial charge on any atom is -0.396 e. The maximum absolute atomic E-state index is 11.3. The third-order valence-corrected chi connectivity index (χ3v) is 4.75. The van der Waals surface area contributed by atoms with Gasteiger partial charge in [-0.1, -0.05) is 0 Å². The highest BCUT2D eigenvalue weighted by Gasteiger charge is 2.30. The van der Waals surface area contributed by atoms with Crippen molar-refractivity contribution in [3.8, 4) is 0 Å². The molecule has 1 atom stereocenters. The number of aliphatic hydroxyl groups is 1. The Hall–Kier alpha value is -0.130. The summed E-state index contributed by atoms with van der Waals surface area (Å²) in [5, 5.41) is 8.62. The molecule has 0 bridgehead atoms. The normalized spacial score (nSPS) is 24.9. The molecule has 1 aliphatic rings. The van der Waals surface area contributed by atoms with E-state index >= 15 is 0 Å². The largest absolute Gasteiger partial charge is 0.396 e. The molecule has 0 aliphatic carbocycles. The zero-order valence-corrected chi connectivity index (χ0v) is 10.2. The van der Waals surface area contributed by atoms with Gasteiger partial charge in [0.15, 0.2) is 9.84 Å². The van der Waals surface area contributed by atoms with Crippen molar-refractivity contribution in [1.82, 2.24) is 4.90 Å². The lowest BCUT2D eigenvalue weighted by Crippen LogP contribution is -2.33. The summed E-state index contributed by atoms with van der Waals surface area (Å²) in [4.78, 5) is 2.14. The monoisotopic (exact) mass is 235 g/mol. The van der Waals surface area contributed by atoms with E-state index in [4.69, 9.17) is 5.11 Å². The van der Waals surface area contributed by atoms with Crippen LogP contribution in [0.25, 0.3) is 0 Å². The zero-order valence-electron chi connectivity index (χ0n) is 9.35. The molecule has 1 heterocycles. The van der Waals surface area contributed by atoms with Crippen LogP contribution in [0.4, 0.5) is 0 Å². The van der Waals surface area contributed by atoms with Crippen molar-refractivity contribution in [1.29, 1.82) is 0 Å². The van der Waals surface area contributed by atoms with Gasteiger partial charge in [-0.2, -0.15) is 0 Å². The zero-order chi connectivity index (χ0) is 11.3. The molecule has 0 radical (unpaired) electrons. The van der Waals surface area contributed by atoms with Crippen LogP contribution < -0.4 is 0 Å². The van der Waals surface area contributed by atoms with Crippen LogP contribution in [0.2, 0.25) is 0 Å². The average Bonchev–Trinajstić information content (AvgIpc) is 2.53. The summed E-state index contributed by atoms with van der Waals surface area (Å²) < 4.78 is 22.5. The van der Waals surface area contributed by atoms with Gasteiger partial charge in [-0.3, -0.25) is 0 Å². The Morgan fingerprint density at radius 2 is 2.07 bits per heavy atom. The summed E-state index contributed by atoms with van der Waals surface area (Å²) in [5.41, 5.74) is 0. The Bertz CT molecular complexity index is 276. The predicted molar refractivity (Wildman–Crippen MR) is 60.6 cm³/mol. The van der Waals surface area contributed by atoms with Gasteiger partial charge in [0.25, 0.3) is 0 Å². The molecule has 1 aliphatic heterocycles. The van der Waals surface area contributed by atoms with E-state index in [1.165, 1.54) is 0 Å². The number of nitrogens with zero attached hydrogens (tertiary/aromatic N) is 1. The van der Waals surface area contributed by atoms with Crippen LogP contribution in [-0.2, 0) is 9.84 Å². The van der Waals surface area contributed by atoms with Crippen molar-refractivity contribution in [2.45, 2.75) is 31.7 Å². The minimum absolute atomic E-state index is 0.212. The molecule has 1 N–H and O–H groups in total. The fourth-order valence-corrected chi connectivity index (χ4v) is 3.76. The molecule has 0 aromatic carbocycles. The highest BCUT2D eigenvalue weighted by atomic mass is 32.2. The van der Waals surface area contributed by atoms with Crippen molar-refractivity contribution < 1.29 is 13.5 Å². The summed E-state index contributed by atoms with van der Waals surface area (Å²) >= 11 is 0. The van der Waals surface area contributed by atoms with Crippen molar-refractivity contribution >= 4 is 9.84 Å². The van der Waals surface area contributed by atoms with Gasteiger partial charge in [0, 0.05) is 12.6 Å². The highest BCUT2D eigenvalue weighted by Crippen LogP contribution is 2.16. The SMILES string of the molecule is CN(CCCCCO)C1CCS(=O)(=O)C1. The Morgan fingerprint density at radius 1 is 1.33 bits per heavy atom. The average molecular weight is 235 g/mol. The van der Waals surface area contributed by atoms with Gasteiger partial charge in [-0.15, -0.1) is 0 Å². The van der Waals surface area contributed by atoms with E-state index in [-0.39, 0.29) is 12.6 Å². The first-order valence-corrected chi connectivity index (χ1v) is 7.39. The summed E-state index contributed by atoms with van der Waals surface area (Å²) in [6.45, 7) is 1.18.